The lowest BCUT2D eigenvalue weighted by molar-refractivity contribution is 0.439. The van der Waals surface area contributed by atoms with Crippen molar-refractivity contribution in [3.05, 3.63) is 0 Å². The SMILES string of the molecule is CCC(C)CNCC(C)CCN. The van der Waals surface area contributed by atoms with Gasteiger partial charge in [-0.15, -0.1) is 0 Å². The highest BCUT2D eigenvalue weighted by molar-refractivity contribution is 4.60. The predicted molar refractivity (Wildman–Crippen MR) is 55.2 cm³/mol. The molecule has 0 aliphatic rings. The number of hydrogen-bond acceptors (Lipinski definition) is 2. The minimum atomic E-state index is 0.721. The van der Waals surface area contributed by atoms with Gasteiger partial charge in [0, 0.05) is 0 Å². The van der Waals surface area contributed by atoms with Crippen molar-refractivity contribution in [2.75, 3.05) is 19.6 Å². The van der Waals surface area contributed by atoms with Crippen molar-refractivity contribution in [3.63, 3.8) is 0 Å². The second-order valence-corrected chi connectivity index (χ2v) is 3.85. The van der Waals surface area contributed by atoms with E-state index >= 15 is 0 Å². The molecular weight excluding hydrogens is 148 g/mol. The number of nitrogens with one attached hydrogen (secondary N) is 1. The van der Waals surface area contributed by atoms with E-state index in [9.17, 15) is 0 Å². The molecule has 0 aliphatic heterocycles. The molecule has 12 heavy (non-hydrogen) atoms. The summed E-state index contributed by atoms with van der Waals surface area (Å²) in [6, 6.07) is 0. The molecule has 0 saturated heterocycles. The van der Waals surface area contributed by atoms with Crippen molar-refractivity contribution >= 4 is 0 Å². The van der Waals surface area contributed by atoms with Crippen LogP contribution < -0.4 is 11.1 Å². The van der Waals surface area contributed by atoms with Crippen LogP contribution in [0.3, 0.4) is 0 Å². The van der Waals surface area contributed by atoms with E-state index in [-0.39, 0.29) is 0 Å². The quantitative estimate of drug-likeness (QED) is 0.612. The summed E-state index contributed by atoms with van der Waals surface area (Å²) in [6.07, 6.45) is 2.39. The van der Waals surface area contributed by atoms with Gasteiger partial charge in [-0.05, 0) is 37.9 Å². The lowest BCUT2D eigenvalue weighted by Gasteiger charge is -2.13. The molecule has 2 heteroatoms. The molecular formula is C10H24N2. The van der Waals surface area contributed by atoms with Crippen LogP contribution in [0.4, 0.5) is 0 Å². The Morgan fingerprint density at radius 2 is 1.75 bits per heavy atom. The summed E-state index contributed by atoms with van der Waals surface area (Å²) in [6.45, 7) is 9.83. The summed E-state index contributed by atoms with van der Waals surface area (Å²) in [5, 5.41) is 3.47. The Bertz CT molecular complexity index is 93.8. The molecule has 0 aliphatic carbocycles. The van der Waals surface area contributed by atoms with Crippen LogP contribution in [-0.4, -0.2) is 19.6 Å². The highest BCUT2D eigenvalue weighted by Crippen LogP contribution is 2.00. The lowest BCUT2D eigenvalue weighted by atomic mass is 10.1. The molecule has 0 bridgehead atoms. The zero-order valence-corrected chi connectivity index (χ0v) is 8.77. The Morgan fingerprint density at radius 3 is 2.25 bits per heavy atom. The van der Waals surface area contributed by atoms with Crippen molar-refractivity contribution < 1.29 is 0 Å². The van der Waals surface area contributed by atoms with Gasteiger partial charge in [-0.1, -0.05) is 27.2 Å². The minimum absolute atomic E-state index is 0.721. The van der Waals surface area contributed by atoms with Crippen LogP contribution in [0, 0.1) is 11.8 Å². The Morgan fingerprint density at radius 1 is 1.17 bits per heavy atom. The van der Waals surface area contributed by atoms with Gasteiger partial charge >= 0.3 is 0 Å². The maximum atomic E-state index is 5.46. The third-order valence-electron chi connectivity index (χ3n) is 2.34. The van der Waals surface area contributed by atoms with Gasteiger partial charge in [0.2, 0.25) is 0 Å². The molecule has 0 fully saturated rings. The molecule has 2 nitrogen and oxygen atoms in total. The average Bonchev–Trinajstić information content (AvgIpc) is 2.04. The molecule has 0 aromatic rings. The third-order valence-corrected chi connectivity index (χ3v) is 2.34. The minimum Gasteiger partial charge on any atom is -0.330 e. The molecule has 74 valence electrons. The molecule has 0 saturated carbocycles. The van der Waals surface area contributed by atoms with Crippen LogP contribution >= 0.6 is 0 Å². The standard InChI is InChI=1S/C10H24N2/c1-4-9(2)7-12-8-10(3)5-6-11/h9-10,12H,4-8,11H2,1-3H3. The Balaban J connectivity index is 3.18. The summed E-state index contributed by atoms with van der Waals surface area (Å²) < 4.78 is 0. The molecule has 0 rings (SSSR count). The van der Waals surface area contributed by atoms with Gasteiger partial charge in [-0.3, -0.25) is 0 Å². The molecule has 0 aromatic heterocycles. The van der Waals surface area contributed by atoms with E-state index < -0.39 is 0 Å². The van der Waals surface area contributed by atoms with Crippen LogP contribution in [0.25, 0.3) is 0 Å². The maximum absolute atomic E-state index is 5.46. The lowest BCUT2D eigenvalue weighted by Crippen LogP contribution is -2.26. The first-order chi connectivity index (χ1) is 5.70. The fourth-order valence-corrected chi connectivity index (χ4v) is 1.11. The second-order valence-electron chi connectivity index (χ2n) is 3.85. The van der Waals surface area contributed by atoms with Crippen LogP contribution in [0.2, 0.25) is 0 Å². The van der Waals surface area contributed by atoms with Crippen molar-refractivity contribution in [3.8, 4) is 0 Å². The first-order valence-electron chi connectivity index (χ1n) is 5.11. The molecule has 2 unspecified atom stereocenters. The van der Waals surface area contributed by atoms with E-state index in [2.05, 4.69) is 26.1 Å². The van der Waals surface area contributed by atoms with Crippen molar-refractivity contribution in [1.29, 1.82) is 0 Å². The number of hydrogen-bond donors (Lipinski definition) is 2. The van der Waals surface area contributed by atoms with Gasteiger partial charge in [0.15, 0.2) is 0 Å². The summed E-state index contributed by atoms with van der Waals surface area (Å²) in [7, 11) is 0. The van der Waals surface area contributed by atoms with E-state index in [0.29, 0.717) is 0 Å². The Labute approximate surface area is 76.9 Å². The zero-order chi connectivity index (χ0) is 9.40. The van der Waals surface area contributed by atoms with Gasteiger partial charge in [-0.2, -0.15) is 0 Å². The van der Waals surface area contributed by atoms with Gasteiger partial charge in [-0.25, -0.2) is 0 Å². The van der Waals surface area contributed by atoms with Crippen molar-refractivity contribution in [2.45, 2.75) is 33.6 Å². The Kier molecular flexibility index (Phi) is 7.51. The van der Waals surface area contributed by atoms with Crippen molar-refractivity contribution in [1.82, 2.24) is 5.32 Å². The highest BCUT2D eigenvalue weighted by atomic mass is 14.9. The van der Waals surface area contributed by atoms with Gasteiger partial charge in [0.05, 0.1) is 0 Å². The zero-order valence-electron chi connectivity index (χ0n) is 8.77. The normalized spacial score (nSPS) is 16.0. The third kappa shape index (κ3) is 6.62. The predicted octanol–water partition coefficient (Wildman–Crippen LogP) is 1.61. The highest BCUT2D eigenvalue weighted by Gasteiger charge is 2.01. The second kappa shape index (κ2) is 7.56. The fraction of sp³-hybridized carbons (Fsp3) is 1.00. The summed E-state index contributed by atoms with van der Waals surface area (Å²) in [4.78, 5) is 0. The van der Waals surface area contributed by atoms with Crippen molar-refractivity contribution in [2.24, 2.45) is 17.6 Å². The van der Waals surface area contributed by atoms with E-state index in [0.717, 1.165) is 37.9 Å². The summed E-state index contributed by atoms with van der Waals surface area (Å²) >= 11 is 0. The Hall–Kier alpha value is -0.0800. The molecule has 0 aromatic carbocycles. The largest absolute Gasteiger partial charge is 0.330 e. The number of rotatable bonds is 7. The molecule has 0 amide bonds. The molecule has 0 spiro atoms. The van der Waals surface area contributed by atoms with E-state index in [4.69, 9.17) is 5.73 Å². The molecule has 0 radical (unpaired) electrons. The van der Waals surface area contributed by atoms with E-state index in [1.165, 1.54) is 6.42 Å². The monoisotopic (exact) mass is 172 g/mol. The first kappa shape index (κ1) is 11.9. The van der Waals surface area contributed by atoms with Crippen LogP contribution in [-0.2, 0) is 0 Å². The molecule has 2 atom stereocenters. The fourth-order valence-electron chi connectivity index (χ4n) is 1.11. The molecule has 0 heterocycles. The maximum Gasteiger partial charge on any atom is -0.00226 e. The van der Waals surface area contributed by atoms with Crippen LogP contribution in [0.1, 0.15) is 33.6 Å². The number of nitrogens with two attached hydrogens (primary N) is 1. The summed E-state index contributed by atoms with van der Waals surface area (Å²) in [5.74, 6) is 1.52. The van der Waals surface area contributed by atoms with Gasteiger partial charge in [0.25, 0.3) is 0 Å². The smallest absolute Gasteiger partial charge is 0.00226 e. The van der Waals surface area contributed by atoms with Crippen LogP contribution in [0.5, 0.6) is 0 Å². The van der Waals surface area contributed by atoms with Gasteiger partial charge < -0.3 is 11.1 Å². The summed E-state index contributed by atoms with van der Waals surface area (Å²) in [5.41, 5.74) is 5.46. The van der Waals surface area contributed by atoms with E-state index in [1.54, 1.807) is 0 Å². The topological polar surface area (TPSA) is 38.0 Å². The van der Waals surface area contributed by atoms with Crippen LogP contribution in [0.15, 0.2) is 0 Å². The molecule has 3 N–H and O–H groups in total. The first-order valence-corrected chi connectivity index (χ1v) is 5.11. The average molecular weight is 172 g/mol. The van der Waals surface area contributed by atoms with Gasteiger partial charge in [0.1, 0.15) is 0 Å². The van der Waals surface area contributed by atoms with E-state index in [1.807, 2.05) is 0 Å².